The van der Waals surface area contributed by atoms with Crippen molar-refractivity contribution >= 4 is 10.0 Å². The first-order valence-corrected chi connectivity index (χ1v) is 8.68. The van der Waals surface area contributed by atoms with Crippen LogP contribution in [0.3, 0.4) is 0 Å². The zero-order valence-electron chi connectivity index (χ0n) is 13.1. The Morgan fingerprint density at radius 2 is 1.91 bits per heavy atom. The highest BCUT2D eigenvalue weighted by Crippen LogP contribution is 2.14. The van der Waals surface area contributed by atoms with E-state index in [2.05, 4.69) is 4.72 Å². The summed E-state index contributed by atoms with van der Waals surface area (Å²) < 4.78 is 28.2. The van der Waals surface area contributed by atoms with Crippen LogP contribution >= 0.6 is 0 Å². The fourth-order valence-electron chi connectivity index (χ4n) is 2.07. The van der Waals surface area contributed by atoms with Gasteiger partial charge in [0, 0.05) is 18.8 Å². The Morgan fingerprint density at radius 3 is 2.57 bits per heavy atom. The molecule has 1 atom stereocenters. The number of aliphatic hydroxyl groups excluding tert-OH is 1. The van der Waals surface area contributed by atoms with Gasteiger partial charge in [-0.1, -0.05) is 12.1 Å². The van der Waals surface area contributed by atoms with E-state index in [1.807, 2.05) is 13.8 Å². The Kier molecular flexibility index (Phi) is 5.35. The van der Waals surface area contributed by atoms with Crippen molar-refractivity contribution < 1.29 is 13.5 Å². The maximum absolute atomic E-state index is 12.2. The third-order valence-electron chi connectivity index (χ3n) is 3.60. The van der Waals surface area contributed by atoms with E-state index in [4.69, 9.17) is 0 Å². The zero-order chi connectivity index (χ0) is 17.0. The molecule has 2 rings (SSSR count). The molecule has 2 N–H and O–H groups in total. The highest BCUT2D eigenvalue weighted by atomic mass is 32.2. The zero-order valence-corrected chi connectivity index (χ0v) is 13.9. The molecule has 7 heteroatoms. The molecule has 0 saturated carbocycles. The first-order chi connectivity index (χ1) is 10.8. The smallest absolute Gasteiger partial charge is 0.250 e. The number of nitrogens with one attached hydrogen (secondary N) is 1. The molecule has 0 amide bonds. The largest absolute Gasteiger partial charge is 0.390 e. The van der Waals surface area contributed by atoms with Crippen LogP contribution in [0.4, 0.5) is 0 Å². The number of hydrogen-bond donors (Lipinski definition) is 2. The Labute approximate surface area is 135 Å². The number of aromatic nitrogens is 1. The molecule has 0 aliphatic heterocycles. The second kappa shape index (κ2) is 7.08. The summed E-state index contributed by atoms with van der Waals surface area (Å²) in [5.41, 5.74) is 1.64. The van der Waals surface area contributed by atoms with Crippen LogP contribution in [0.25, 0.3) is 0 Å². The lowest BCUT2D eigenvalue weighted by molar-refractivity contribution is 0.156. The molecule has 0 bridgehead atoms. The molecule has 1 unspecified atom stereocenters. The average Bonchev–Trinajstić information content (AvgIpc) is 2.50. The SMILES string of the molecule is Cc1ccc(S(=O)(=O)NCC(O)Cn2ccccc2=O)cc1C. The van der Waals surface area contributed by atoms with Crippen LogP contribution in [0.1, 0.15) is 11.1 Å². The summed E-state index contributed by atoms with van der Waals surface area (Å²) in [4.78, 5) is 11.7. The lowest BCUT2D eigenvalue weighted by atomic mass is 10.1. The van der Waals surface area contributed by atoms with E-state index in [0.29, 0.717) is 0 Å². The number of benzene rings is 1. The number of rotatable bonds is 6. The van der Waals surface area contributed by atoms with E-state index in [9.17, 15) is 18.3 Å². The fraction of sp³-hybridized carbons (Fsp3) is 0.312. The highest BCUT2D eigenvalue weighted by Gasteiger charge is 2.16. The number of aliphatic hydroxyl groups is 1. The van der Waals surface area contributed by atoms with Crippen molar-refractivity contribution in [3.63, 3.8) is 0 Å². The lowest BCUT2D eigenvalue weighted by Crippen LogP contribution is -2.36. The first kappa shape index (κ1) is 17.4. The molecule has 1 aromatic heterocycles. The monoisotopic (exact) mass is 336 g/mol. The van der Waals surface area contributed by atoms with Gasteiger partial charge in [0.05, 0.1) is 17.5 Å². The van der Waals surface area contributed by atoms with E-state index in [1.165, 1.54) is 16.7 Å². The molecule has 2 aromatic rings. The summed E-state index contributed by atoms with van der Waals surface area (Å²) in [6.45, 7) is 3.59. The van der Waals surface area contributed by atoms with Crippen LogP contribution in [0, 0.1) is 13.8 Å². The van der Waals surface area contributed by atoms with Gasteiger partial charge in [-0.3, -0.25) is 4.79 Å². The van der Waals surface area contributed by atoms with Gasteiger partial charge in [-0.15, -0.1) is 0 Å². The van der Waals surface area contributed by atoms with Gasteiger partial charge < -0.3 is 9.67 Å². The third-order valence-corrected chi connectivity index (χ3v) is 5.03. The molecule has 23 heavy (non-hydrogen) atoms. The summed E-state index contributed by atoms with van der Waals surface area (Å²) in [7, 11) is -3.69. The normalized spacial score (nSPS) is 13.0. The number of aryl methyl sites for hydroxylation is 2. The summed E-state index contributed by atoms with van der Waals surface area (Å²) >= 11 is 0. The van der Waals surface area contributed by atoms with Crippen molar-refractivity contribution in [2.45, 2.75) is 31.4 Å². The second-order valence-electron chi connectivity index (χ2n) is 5.44. The van der Waals surface area contributed by atoms with Gasteiger partial charge in [0.1, 0.15) is 0 Å². The van der Waals surface area contributed by atoms with Gasteiger partial charge in [0.2, 0.25) is 10.0 Å². The van der Waals surface area contributed by atoms with Crippen LogP contribution in [-0.4, -0.2) is 30.7 Å². The predicted molar refractivity (Wildman–Crippen MR) is 87.8 cm³/mol. The van der Waals surface area contributed by atoms with Gasteiger partial charge in [0.15, 0.2) is 0 Å². The van der Waals surface area contributed by atoms with Crippen LogP contribution in [0.5, 0.6) is 0 Å². The molecule has 1 aromatic carbocycles. The molecule has 124 valence electrons. The summed E-state index contributed by atoms with van der Waals surface area (Å²) in [6.07, 6.45) is 0.542. The van der Waals surface area contributed by atoms with Gasteiger partial charge in [-0.2, -0.15) is 0 Å². The topological polar surface area (TPSA) is 88.4 Å². The van der Waals surface area contributed by atoms with Crippen molar-refractivity contribution in [2.24, 2.45) is 0 Å². The summed E-state index contributed by atoms with van der Waals surface area (Å²) in [6, 6.07) is 9.52. The summed E-state index contributed by atoms with van der Waals surface area (Å²) in [5, 5.41) is 9.95. The first-order valence-electron chi connectivity index (χ1n) is 7.20. The van der Waals surface area contributed by atoms with Crippen molar-refractivity contribution in [3.05, 3.63) is 64.1 Å². The van der Waals surface area contributed by atoms with Crippen molar-refractivity contribution in [1.29, 1.82) is 0 Å². The molecule has 0 spiro atoms. The Bertz CT molecular complexity index is 843. The molecule has 0 saturated heterocycles. The molecule has 1 heterocycles. The van der Waals surface area contributed by atoms with Gasteiger partial charge >= 0.3 is 0 Å². The Hall–Kier alpha value is -1.96. The minimum atomic E-state index is -3.69. The van der Waals surface area contributed by atoms with Gasteiger partial charge in [-0.05, 0) is 43.2 Å². The van der Waals surface area contributed by atoms with Crippen molar-refractivity contribution in [3.8, 4) is 0 Å². The molecule has 0 aliphatic carbocycles. The molecular formula is C16H20N2O4S. The van der Waals surface area contributed by atoms with E-state index in [-0.39, 0.29) is 23.5 Å². The van der Waals surface area contributed by atoms with Gasteiger partial charge in [0.25, 0.3) is 5.56 Å². The number of hydrogen-bond acceptors (Lipinski definition) is 4. The van der Waals surface area contributed by atoms with Crippen LogP contribution in [0.2, 0.25) is 0 Å². The van der Waals surface area contributed by atoms with E-state index < -0.39 is 16.1 Å². The van der Waals surface area contributed by atoms with Crippen LogP contribution < -0.4 is 10.3 Å². The average molecular weight is 336 g/mol. The molecule has 0 radical (unpaired) electrons. The van der Waals surface area contributed by atoms with E-state index in [0.717, 1.165) is 11.1 Å². The maximum Gasteiger partial charge on any atom is 0.250 e. The molecular weight excluding hydrogens is 316 g/mol. The highest BCUT2D eigenvalue weighted by molar-refractivity contribution is 7.89. The lowest BCUT2D eigenvalue weighted by Gasteiger charge is -2.14. The van der Waals surface area contributed by atoms with Crippen LogP contribution in [-0.2, 0) is 16.6 Å². The van der Waals surface area contributed by atoms with E-state index in [1.54, 1.807) is 30.5 Å². The van der Waals surface area contributed by atoms with E-state index >= 15 is 0 Å². The fourth-order valence-corrected chi connectivity index (χ4v) is 3.23. The summed E-state index contributed by atoms with van der Waals surface area (Å²) in [5.74, 6) is 0. The Morgan fingerprint density at radius 1 is 1.17 bits per heavy atom. The standard InChI is InChI=1S/C16H20N2O4S/c1-12-6-7-15(9-13(12)2)23(21,22)17-10-14(19)11-18-8-4-3-5-16(18)20/h3-9,14,17,19H,10-11H2,1-2H3. The van der Waals surface area contributed by atoms with Crippen molar-refractivity contribution in [2.75, 3.05) is 6.54 Å². The Balaban J connectivity index is 2.02. The quantitative estimate of drug-likeness (QED) is 0.817. The molecule has 6 nitrogen and oxygen atoms in total. The number of pyridine rings is 1. The van der Waals surface area contributed by atoms with Crippen LogP contribution in [0.15, 0.2) is 52.3 Å². The third kappa shape index (κ3) is 4.51. The van der Waals surface area contributed by atoms with Gasteiger partial charge in [-0.25, -0.2) is 13.1 Å². The minimum Gasteiger partial charge on any atom is -0.390 e. The molecule has 0 aliphatic rings. The van der Waals surface area contributed by atoms with Crippen molar-refractivity contribution in [1.82, 2.24) is 9.29 Å². The minimum absolute atomic E-state index is 0.0229. The predicted octanol–water partition coefficient (Wildman–Crippen LogP) is 0.805. The maximum atomic E-state index is 12.2. The number of sulfonamides is 1. The second-order valence-corrected chi connectivity index (χ2v) is 7.21. The molecule has 0 fully saturated rings. The number of nitrogens with zero attached hydrogens (tertiary/aromatic N) is 1.